The average molecular weight is 368 g/mol. The van der Waals surface area contributed by atoms with Gasteiger partial charge in [-0.2, -0.15) is 0 Å². The van der Waals surface area contributed by atoms with Crippen LogP contribution in [-0.4, -0.2) is 33.1 Å². The van der Waals surface area contributed by atoms with E-state index in [-0.39, 0.29) is 27.8 Å². The summed E-state index contributed by atoms with van der Waals surface area (Å²) in [5.41, 5.74) is -0.0154. The number of rotatable bonds is 3. The molecule has 1 N–H and O–H groups in total. The predicted molar refractivity (Wildman–Crippen MR) is 98.0 cm³/mol. The molecule has 1 aromatic carbocycles. The topological polar surface area (TPSA) is 112 Å². The number of amides is 1. The zero-order valence-electron chi connectivity index (χ0n) is 14.8. The van der Waals surface area contributed by atoms with Crippen LogP contribution in [0.1, 0.15) is 20.7 Å². The lowest BCUT2D eigenvalue weighted by Crippen LogP contribution is -2.37. The smallest absolute Gasteiger partial charge is 0.337 e. The van der Waals surface area contributed by atoms with Crippen LogP contribution >= 0.6 is 0 Å². The van der Waals surface area contributed by atoms with E-state index in [1.54, 1.807) is 12.1 Å². The molecule has 27 heavy (non-hydrogen) atoms. The van der Waals surface area contributed by atoms with Crippen LogP contribution in [0.3, 0.4) is 0 Å². The normalized spacial score (nSPS) is 10.6. The van der Waals surface area contributed by atoms with Crippen LogP contribution in [0.15, 0.2) is 46.1 Å². The van der Waals surface area contributed by atoms with Crippen molar-refractivity contribution in [3.05, 3.63) is 68.5 Å². The number of benzene rings is 1. The molecule has 2 aromatic heterocycles. The lowest BCUT2D eigenvalue weighted by atomic mass is 10.1. The van der Waals surface area contributed by atoms with Gasteiger partial charge in [0.15, 0.2) is 0 Å². The highest BCUT2D eigenvalue weighted by atomic mass is 16.5. The Bertz CT molecular complexity index is 1190. The van der Waals surface area contributed by atoms with Crippen molar-refractivity contribution in [3.63, 3.8) is 0 Å². The first-order valence-electron chi connectivity index (χ1n) is 7.89. The number of nitrogens with one attached hydrogen (secondary N) is 1. The van der Waals surface area contributed by atoms with Gasteiger partial charge in [0.1, 0.15) is 5.65 Å². The first kappa shape index (κ1) is 18.1. The summed E-state index contributed by atoms with van der Waals surface area (Å²) in [5.74, 6) is -1.04. The van der Waals surface area contributed by atoms with E-state index >= 15 is 0 Å². The van der Waals surface area contributed by atoms with Crippen LogP contribution in [0.5, 0.6) is 0 Å². The number of pyridine rings is 1. The van der Waals surface area contributed by atoms with Crippen LogP contribution in [-0.2, 0) is 18.8 Å². The first-order chi connectivity index (χ1) is 12.8. The Kier molecular flexibility index (Phi) is 4.59. The van der Waals surface area contributed by atoms with Gasteiger partial charge in [0.25, 0.3) is 11.5 Å². The van der Waals surface area contributed by atoms with E-state index in [1.165, 1.54) is 50.2 Å². The molecule has 0 saturated heterocycles. The van der Waals surface area contributed by atoms with Crippen molar-refractivity contribution >= 4 is 28.6 Å². The Hall–Kier alpha value is -3.75. The van der Waals surface area contributed by atoms with E-state index in [9.17, 15) is 19.2 Å². The maximum atomic E-state index is 12.5. The van der Waals surface area contributed by atoms with E-state index in [4.69, 9.17) is 0 Å². The fourth-order valence-corrected chi connectivity index (χ4v) is 2.64. The van der Waals surface area contributed by atoms with Gasteiger partial charge in [0.2, 0.25) is 0 Å². The number of hydrogen-bond donors (Lipinski definition) is 1. The third-order valence-corrected chi connectivity index (χ3v) is 4.10. The third kappa shape index (κ3) is 3.22. The second-order valence-electron chi connectivity index (χ2n) is 5.83. The SMILES string of the molecule is COC(=O)c1cccc(C(=O)Nc2cnc3c(c2)c(=O)n(C)c(=O)n3C)c1. The zero-order chi connectivity index (χ0) is 19.7. The Balaban J connectivity index is 1.98. The minimum Gasteiger partial charge on any atom is -0.465 e. The summed E-state index contributed by atoms with van der Waals surface area (Å²) < 4.78 is 6.86. The molecule has 0 spiro atoms. The van der Waals surface area contributed by atoms with Gasteiger partial charge in [0, 0.05) is 19.7 Å². The Morgan fingerprint density at radius 1 is 1.07 bits per heavy atom. The Morgan fingerprint density at radius 2 is 1.78 bits per heavy atom. The number of carbonyl (C=O) groups excluding carboxylic acids is 2. The van der Waals surface area contributed by atoms with Crippen molar-refractivity contribution in [1.29, 1.82) is 0 Å². The summed E-state index contributed by atoms with van der Waals surface area (Å²) >= 11 is 0. The second kappa shape index (κ2) is 6.87. The summed E-state index contributed by atoms with van der Waals surface area (Å²) in [6.45, 7) is 0. The van der Waals surface area contributed by atoms with Gasteiger partial charge in [-0.3, -0.25) is 18.7 Å². The minimum absolute atomic E-state index is 0.195. The van der Waals surface area contributed by atoms with Gasteiger partial charge in [-0.1, -0.05) is 6.07 Å². The number of methoxy groups -OCH3 is 1. The molecule has 138 valence electrons. The molecule has 0 saturated carbocycles. The van der Waals surface area contributed by atoms with Crippen molar-refractivity contribution in [2.75, 3.05) is 12.4 Å². The van der Waals surface area contributed by atoms with Crippen molar-refractivity contribution in [1.82, 2.24) is 14.1 Å². The molecule has 3 rings (SSSR count). The molecule has 9 heteroatoms. The van der Waals surface area contributed by atoms with E-state index in [1.807, 2.05) is 0 Å². The van der Waals surface area contributed by atoms with Gasteiger partial charge < -0.3 is 10.1 Å². The summed E-state index contributed by atoms with van der Waals surface area (Å²) in [7, 11) is 4.13. The monoisotopic (exact) mass is 368 g/mol. The molecular weight excluding hydrogens is 352 g/mol. The number of carbonyl (C=O) groups is 2. The van der Waals surface area contributed by atoms with Crippen LogP contribution in [0, 0.1) is 0 Å². The third-order valence-electron chi connectivity index (χ3n) is 4.10. The van der Waals surface area contributed by atoms with Gasteiger partial charge in [-0.25, -0.2) is 14.6 Å². The highest BCUT2D eigenvalue weighted by molar-refractivity contribution is 6.06. The van der Waals surface area contributed by atoms with Crippen LogP contribution < -0.4 is 16.6 Å². The molecule has 0 aliphatic rings. The van der Waals surface area contributed by atoms with Crippen LogP contribution in [0.25, 0.3) is 11.0 Å². The number of aromatic nitrogens is 3. The largest absolute Gasteiger partial charge is 0.465 e. The Morgan fingerprint density at radius 3 is 2.48 bits per heavy atom. The van der Waals surface area contributed by atoms with Crippen molar-refractivity contribution < 1.29 is 14.3 Å². The number of anilines is 1. The standard InChI is InChI=1S/C18H16N4O5/c1-21-14-13(16(24)22(2)18(21)26)8-12(9-19-14)20-15(23)10-5-4-6-11(7-10)17(25)27-3/h4-9H,1-3H3,(H,20,23). The molecule has 0 atom stereocenters. The fraction of sp³-hybridized carbons (Fsp3) is 0.167. The molecule has 3 aromatic rings. The molecule has 9 nitrogen and oxygen atoms in total. The number of hydrogen-bond acceptors (Lipinski definition) is 6. The maximum Gasteiger partial charge on any atom is 0.337 e. The molecule has 2 heterocycles. The summed E-state index contributed by atoms with van der Waals surface area (Å²) in [6.07, 6.45) is 1.35. The molecule has 0 bridgehead atoms. The number of ether oxygens (including phenoxy) is 1. The predicted octanol–water partition coefficient (Wildman–Crippen LogP) is 0.671. The van der Waals surface area contributed by atoms with E-state index in [0.717, 1.165) is 4.57 Å². The van der Waals surface area contributed by atoms with Crippen molar-refractivity contribution in [2.45, 2.75) is 0 Å². The fourth-order valence-electron chi connectivity index (χ4n) is 2.64. The molecule has 0 unspecified atom stereocenters. The average Bonchev–Trinajstić information content (AvgIpc) is 2.70. The molecular formula is C18H16N4O5. The highest BCUT2D eigenvalue weighted by Crippen LogP contribution is 2.14. The van der Waals surface area contributed by atoms with Gasteiger partial charge in [-0.15, -0.1) is 0 Å². The first-order valence-corrected chi connectivity index (χ1v) is 7.89. The van der Waals surface area contributed by atoms with E-state index < -0.39 is 23.1 Å². The quantitative estimate of drug-likeness (QED) is 0.680. The molecule has 1 amide bonds. The number of fused-ring (bicyclic) bond motifs is 1. The van der Waals surface area contributed by atoms with Crippen LogP contribution in [0.4, 0.5) is 5.69 Å². The van der Waals surface area contributed by atoms with E-state index in [2.05, 4.69) is 15.0 Å². The molecule has 0 aliphatic heterocycles. The van der Waals surface area contributed by atoms with Gasteiger partial charge >= 0.3 is 11.7 Å². The maximum absolute atomic E-state index is 12.5. The van der Waals surface area contributed by atoms with Crippen LogP contribution in [0.2, 0.25) is 0 Å². The van der Waals surface area contributed by atoms with Crippen molar-refractivity contribution in [2.24, 2.45) is 14.1 Å². The number of aryl methyl sites for hydroxylation is 1. The summed E-state index contributed by atoms with van der Waals surface area (Å²) in [5, 5.41) is 2.82. The minimum atomic E-state index is -0.554. The van der Waals surface area contributed by atoms with E-state index in [0.29, 0.717) is 0 Å². The lowest BCUT2D eigenvalue weighted by Gasteiger charge is -2.09. The molecule has 0 radical (unpaired) electrons. The lowest BCUT2D eigenvalue weighted by molar-refractivity contribution is 0.0600. The Labute approximate surface area is 152 Å². The molecule has 0 aliphatic carbocycles. The summed E-state index contributed by atoms with van der Waals surface area (Å²) in [4.78, 5) is 52.4. The zero-order valence-corrected chi connectivity index (χ0v) is 14.8. The number of nitrogens with zero attached hydrogens (tertiary/aromatic N) is 3. The second-order valence-corrected chi connectivity index (χ2v) is 5.83. The van der Waals surface area contributed by atoms with Gasteiger partial charge in [0.05, 0.1) is 29.9 Å². The van der Waals surface area contributed by atoms with Crippen molar-refractivity contribution in [3.8, 4) is 0 Å². The molecule has 0 fully saturated rings. The summed E-state index contributed by atoms with van der Waals surface area (Å²) in [6, 6.07) is 7.49. The highest BCUT2D eigenvalue weighted by Gasteiger charge is 2.14. The van der Waals surface area contributed by atoms with Gasteiger partial charge in [-0.05, 0) is 24.3 Å². The number of esters is 1.